The summed E-state index contributed by atoms with van der Waals surface area (Å²) in [6.07, 6.45) is 3.09. The topological polar surface area (TPSA) is 78.4 Å². The average Bonchev–Trinajstić information content (AvgIpc) is 2.22. The molecule has 5 nitrogen and oxygen atoms in total. The third-order valence-electron chi connectivity index (χ3n) is 2.14. The standard InChI is InChI=1S/C11H22N2O3/c1-9(8-14)13-11(16)6-4-3-5-7-12-10(2)15/h9,14H,3-8H2,1-2H3,(H,12,15)(H,13,16)/t9-/m0/s1. The number of aliphatic hydroxyl groups excluding tert-OH is 1. The van der Waals surface area contributed by atoms with Crippen molar-refractivity contribution in [1.29, 1.82) is 0 Å². The third-order valence-corrected chi connectivity index (χ3v) is 2.14. The van der Waals surface area contributed by atoms with Crippen molar-refractivity contribution in [3.8, 4) is 0 Å². The molecule has 0 aliphatic heterocycles. The molecule has 2 amide bonds. The van der Waals surface area contributed by atoms with Gasteiger partial charge in [0.2, 0.25) is 11.8 Å². The van der Waals surface area contributed by atoms with E-state index >= 15 is 0 Å². The summed E-state index contributed by atoms with van der Waals surface area (Å²) in [6.45, 7) is 3.89. The van der Waals surface area contributed by atoms with Crippen molar-refractivity contribution in [2.75, 3.05) is 13.2 Å². The van der Waals surface area contributed by atoms with E-state index in [0.29, 0.717) is 13.0 Å². The largest absolute Gasteiger partial charge is 0.394 e. The minimum Gasteiger partial charge on any atom is -0.394 e. The van der Waals surface area contributed by atoms with Gasteiger partial charge in [-0.3, -0.25) is 9.59 Å². The molecule has 0 aromatic carbocycles. The van der Waals surface area contributed by atoms with Crippen molar-refractivity contribution in [1.82, 2.24) is 10.6 Å². The molecule has 0 aromatic heterocycles. The molecule has 0 radical (unpaired) electrons. The second kappa shape index (κ2) is 9.15. The lowest BCUT2D eigenvalue weighted by atomic mass is 10.2. The maximum atomic E-state index is 11.3. The summed E-state index contributed by atoms with van der Waals surface area (Å²) >= 11 is 0. The van der Waals surface area contributed by atoms with Gasteiger partial charge in [-0.1, -0.05) is 6.42 Å². The summed E-state index contributed by atoms with van der Waals surface area (Å²) in [4.78, 5) is 21.8. The molecule has 0 aromatic rings. The zero-order valence-corrected chi connectivity index (χ0v) is 10.1. The summed E-state index contributed by atoms with van der Waals surface area (Å²) in [5.41, 5.74) is 0. The van der Waals surface area contributed by atoms with E-state index in [-0.39, 0.29) is 24.5 Å². The highest BCUT2D eigenvalue weighted by Crippen LogP contribution is 1.99. The lowest BCUT2D eigenvalue weighted by Crippen LogP contribution is -2.34. The average molecular weight is 230 g/mol. The van der Waals surface area contributed by atoms with Crippen LogP contribution >= 0.6 is 0 Å². The fourth-order valence-electron chi connectivity index (χ4n) is 1.24. The fourth-order valence-corrected chi connectivity index (χ4v) is 1.24. The van der Waals surface area contributed by atoms with E-state index in [1.807, 2.05) is 0 Å². The van der Waals surface area contributed by atoms with Gasteiger partial charge in [0, 0.05) is 25.9 Å². The summed E-state index contributed by atoms with van der Waals surface area (Å²) in [7, 11) is 0. The first-order chi connectivity index (χ1) is 7.56. The third kappa shape index (κ3) is 9.45. The first-order valence-corrected chi connectivity index (χ1v) is 5.71. The second-order valence-electron chi connectivity index (χ2n) is 3.94. The normalized spacial score (nSPS) is 11.9. The SMILES string of the molecule is CC(=O)NCCCCCC(=O)N[C@@H](C)CO. The Kier molecular flexibility index (Phi) is 8.52. The number of carbonyl (C=O) groups excluding carboxylic acids is 2. The highest BCUT2D eigenvalue weighted by atomic mass is 16.3. The van der Waals surface area contributed by atoms with Crippen LogP contribution in [0.3, 0.4) is 0 Å². The van der Waals surface area contributed by atoms with E-state index in [4.69, 9.17) is 5.11 Å². The molecule has 0 unspecified atom stereocenters. The highest BCUT2D eigenvalue weighted by Gasteiger charge is 2.05. The number of nitrogens with one attached hydrogen (secondary N) is 2. The first-order valence-electron chi connectivity index (χ1n) is 5.71. The van der Waals surface area contributed by atoms with Crippen LogP contribution in [0.1, 0.15) is 39.5 Å². The molecule has 0 fully saturated rings. The summed E-state index contributed by atoms with van der Waals surface area (Å²) in [5.74, 6) is -0.0457. The molecule has 0 saturated heterocycles. The Labute approximate surface area is 96.6 Å². The lowest BCUT2D eigenvalue weighted by Gasteiger charge is -2.10. The van der Waals surface area contributed by atoms with Gasteiger partial charge in [-0.05, 0) is 19.8 Å². The Bertz CT molecular complexity index is 219. The van der Waals surface area contributed by atoms with E-state index < -0.39 is 0 Å². The van der Waals surface area contributed by atoms with Crippen molar-refractivity contribution in [3.05, 3.63) is 0 Å². The molecule has 0 saturated carbocycles. The molecule has 0 heterocycles. The van der Waals surface area contributed by atoms with Crippen LogP contribution in [-0.4, -0.2) is 36.1 Å². The Morgan fingerprint density at radius 2 is 1.94 bits per heavy atom. The Hall–Kier alpha value is -1.10. The lowest BCUT2D eigenvalue weighted by molar-refractivity contribution is -0.122. The number of aliphatic hydroxyl groups is 1. The van der Waals surface area contributed by atoms with Gasteiger partial charge >= 0.3 is 0 Å². The Balaban J connectivity index is 3.31. The molecule has 3 N–H and O–H groups in total. The number of hydrogen-bond acceptors (Lipinski definition) is 3. The predicted molar refractivity (Wildman–Crippen MR) is 61.8 cm³/mol. The molecule has 1 atom stereocenters. The van der Waals surface area contributed by atoms with Crippen LogP contribution in [0.5, 0.6) is 0 Å². The summed E-state index contributed by atoms with van der Waals surface area (Å²) in [5, 5.41) is 14.1. The minimum absolute atomic E-state index is 0.0190. The van der Waals surface area contributed by atoms with Crippen LogP contribution in [0.15, 0.2) is 0 Å². The zero-order chi connectivity index (χ0) is 12.4. The molecule has 0 rings (SSSR count). The molecule has 0 spiro atoms. The highest BCUT2D eigenvalue weighted by molar-refractivity contribution is 5.76. The number of unbranched alkanes of at least 4 members (excludes halogenated alkanes) is 2. The number of carbonyl (C=O) groups is 2. The molecule has 16 heavy (non-hydrogen) atoms. The molecule has 5 heteroatoms. The van der Waals surface area contributed by atoms with Crippen molar-refractivity contribution in [2.24, 2.45) is 0 Å². The van der Waals surface area contributed by atoms with Crippen LogP contribution in [0.25, 0.3) is 0 Å². The van der Waals surface area contributed by atoms with E-state index in [9.17, 15) is 9.59 Å². The van der Waals surface area contributed by atoms with Crippen LogP contribution in [0.2, 0.25) is 0 Å². The smallest absolute Gasteiger partial charge is 0.220 e. The molecular weight excluding hydrogens is 208 g/mol. The summed E-state index contributed by atoms with van der Waals surface area (Å²) < 4.78 is 0. The van der Waals surface area contributed by atoms with Crippen LogP contribution < -0.4 is 10.6 Å². The zero-order valence-electron chi connectivity index (χ0n) is 10.1. The maximum absolute atomic E-state index is 11.3. The van der Waals surface area contributed by atoms with Gasteiger partial charge in [0.05, 0.1) is 6.61 Å². The van der Waals surface area contributed by atoms with Gasteiger partial charge in [0.25, 0.3) is 0 Å². The van der Waals surface area contributed by atoms with Crippen LogP contribution in [-0.2, 0) is 9.59 Å². The van der Waals surface area contributed by atoms with Gasteiger partial charge in [0.15, 0.2) is 0 Å². The van der Waals surface area contributed by atoms with Crippen LogP contribution in [0.4, 0.5) is 0 Å². The van der Waals surface area contributed by atoms with E-state index in [2.05, 4.69) is 10.6 Å². The molecular formula is C11H22N2O3. The molecule has 0 aliphatic carbocycles. The maximum Gasteiger partial charge on any atom is 0.220 e. The van der Waals surface area contributed by atoms with Gasteiger partial charge < -0.3 is 15.7 Å². The monoisotopic (exact) mass is 230 g/mol. The van der Waals surface area contributed by atoms with Crippen molar-refractivity contribution in [3.63, 3.8) is 0 Å². The molecule has 0 bridgehead atoms. The van der Waals surface area contributed by atoms with E-state index in [1.54, 1.807) is 6.92 Å². The Morgan fingerprint density at radius 3 is 2.50 bits per heavy atom. The number of amides is 2. The molecule has 0 aliphatic rings. The molecule has 94 valence electrons. The number of hydrogen-bond donors (Lipinski definition) is 3. The Morgan fingerprint density at radius 1 is 1.25 bits per heavy atom. The van der Waals surface area contributed by atoms with Gasteiger partial charge in [-0.25, -0.2) is 0 Å². The quantitative estimate of drug-likeness (QED) is 0.520. The van der Waals surface area contributed by atoms with E-state index in [1.165, 1.54) is 6.92 Å². The van der Waals surface area contributed by atoms with Gasteiger partial charge in [0.1, 0.15) is 0 Å². The van der Waals surface area contributed by atoms with Crippen LogP contribution in [0, 0.1) is 0 Å². The fraction of sp³-hybridized carbons (Fsp3) is 0.818. The van der Waals surface area contributed by atoms with Gasteiger partial charge in [-0.2, -0.15) is 0 Å². The van der Waals surface area contributed by atoms with Gasteiger partial charge in [-0.15, -0.1) is 0 Å². The second-order valence-corrected chi connectivity index (χ2v) is 3.94. The predicted octanol–water partition coefficient (Wildman–Crippen LogP) is 0.180. The van der Waals surface area contributed by atoms with Crippen molar-refractivity contribution in [2.45, 2.75) is 45.6 Å². The van der Waals surface area contributed by atoms with Crippen molar-refractivity contribution >= 4 is 11.8 Å². The minimum atomic E-state index is -0.174. The van der Waals surface area contributed by atoms with Crippen molar-refractivity contribution < 1.29 is 14.7 Å². The summed E-state index contributed by atoms with van der Waals surface area (Å²) in [6, 6.07) is -0.174. The van der Waals surface area contributed by atoms with E-state index in [0.717, 1.165) is 19.3 Å². The number of rotatable bonds is 8. The first kappa shape index (κ1) is 14.9.